The number of hydrogen-bond donors (Lipinski definition) is 1. The zero-order valence-corrected chi connectivity index (χ0v) is 12.7. The van der Waals surface area contributed by atoms with E-state index in [1.807, 2.05) is 0 Å². The van der Waals surface area contributed by atoms with Gasteiger partial charge in [-0.15, -0.1) is 0 Å². The van der Waals surface area contributed by atoms with Gasteiger partial charge in [0.15, 0.2) is 5.00 Å². The fourth-order valence-electron chi connectivity index (χ4n) is 2.04. The summed E-state index contributed by atoms with van der Waals surface area (Å²) < 4.78 is 31.7. The lowest BCUT2D eigenvalue weighted by Gasteiger charge is -2.40. The lowest BCUT2D eigenvalue weighted by atomic mass is 10.1. The lowest BCUT2D eigenvalue weighted by molar-refractivity contribution is -0.383. The highest BCUT2D eigenvalue weighted by Gasteiger charge is 2.41. The summed E-state index contributed by atoms with van der Waals surface area (Å²) in [6.45, 7) is 4.27. The van der Waals surface area contributed by atoms with Gasteiger partial charge in [0.05, 0.1) is 23.7 Å². The second-order valence-electron chi connectivity index (χ2n) is 5.01. The van der Waals surface area contributed by atoms with Gasteiger partial charge in [-0.2, -0.15) is 4.31 Å². The van der Waals surface area contributed by atoms with E-state index in [1.165, 1.54) is 4.31 Å². The van der Waals surface area contributed by atoms with Crippen LogP contribution in [0.4, 0.5) is 10.7 Å². The molecule has 0 aliphatic carbocycles. The van der Waals surface area contributed by atoms with Crippen molar-refractivity contribution in [3.63, 3.8) is 0 Å². The third-order valence-corrected chi connectivity index (χ3v) is 6.54. The normalized spacial score (nSPS) is 19.9. The van der Waals surface area contributed by atoms with Crippen molar-refractivity contribution in [1.82, 2.24) is 4.31 Å². The number of nitrogen functional groups attached to an aromatic ring is 1. The second-order valence-corrected chi connectivity index (χ2v) is 8.19. The van der Waals surface area contributed by atoms with Gasteiger partial charge in [0.25, 0.3) is 10.0 Å². The Morgan fingerprint density at radius 3 is 2.70 bits per heavy atom. The van der Waals surface area contributed by atoms with Gasteiger partial charge >= 0.3 is 5.69 Å². The Morgan fingerprint density at radius 2 is 2.20 bits per heavy atom. The molecule has 1 aromatic rings. The summed E-state index contributed by atoms with van der Waals surface area (Å²) in [4.78, 5) is 10.1. The SMILES string of the molecule is CC1(C)COCCN1S(=O)(=O)c1cc([N+](=O)[O-])c(N)s1. The molecule has 10 heteroatoms. The molecule has 112 valence electrons. The van der Waals surface area contributed by atoms with E-state index in [4.69, 9.17) is 10.5 Å². The maximum absolute atomic E-state index is 12.6. The number of anilines is 1. The van der Waals surface area contributed by atoms with Gasteiger partial charge in [0.1, 0.15) is 4.21 Å². The molecule has 2 N–H and O–H groups in total. The summed E-state index contributed by atoms with van der Waals surface area (Å²) in [5, 5.41) is 10.7. The first-order valence-corrected chi connectivity index (χ1v) is 8.06. The Balaban J connectivity index is 2.45. The van der Waals surface area contributed by atoms with Crippen LogP contribution in [0.5, 0.6) is 0 Å². The summed E-state index contributed by atoms with van der Waals surface area (Å²) in [5.41, 5.74) is 4.43. The molecule has 1 fully saturated rings. The molecule has 0 bridgehead atoms. The zero-order valence-electron chi connectivity index (χ0n) is 11.0. The van der Waals surface area contributed by atoms with Crippen molar-refractivity contribution in [3.8, 4) is 0 Å². The molecule has 0 radical (unpaired) electrons. The molecule has 1 aromatic heterocycles. The number of ether oxygens (including phenoxy) is 1. The molecule has 0 spiro atoms. The van der Waals surface area contributed by atoms with Crippen molar-refractivity contribution in [2.45, 2.75) is 23.6 Å². The highest BCUT2D eigenvalue weighted by atomic mass is 32.2. The molecule has 0 amide bonds. The number of nitrogens with two attached hydrogens (primary N) is 1. The molecule has 1 aliphatic heterocycles. The summed E-state index contributed by atoms with van der Waals surface area (Å²) >= 11 is 0.710. The van der Waals surface area contributed by atoms with Gasteiger partial charge < -0.3 is 10.5 Å². The van der Waals surface area contributed by atoms with Crippen LogP contribution < -0.4 is 5.73 Å². The molecular formula is C10H15N3O5S2. The Hall–Kier alpha value is -1.23. The predicted molar refractivity (Wildman–Crippen MR) is 74.2 cm³/mol. The van der Waals surface area contributed by atoms with Crippen LogP contribution in [-0.4, -0.2) is 42.9 Å². The maximum Gasteiger partial charge on any atom is 0.304 e. The topological polar surface area (TPSA) is 116 Å². The number of hydrogen-bond acceptors (Lipinski definition) is 7. The molecule has 2 rings (SSSR count). The average molecular weight is 321 g/mol. The largest absolute Gasteiger partial charge is 0.385 e. The molecule has 0 aromatic carbocycles. The van der Waals surface area contributed by atoms with E-state index in [1.54, 1.807) is 13.8 Å². The third kappa shape index (κ3) is 2.51. The van der Waals surface area contributed by atoms with Crippen LogP contribution in [0.25, 0.3) is 0 Å². The van der Waals surface area contributed by atoms with Gasteiger partial charge in [-0.3, -0.25) is 10.1 Å². The smallest absolute Gasteiger partial charge is 0.304 e. The monoisotopic (exact) mass is 321 g/mol. The van der Waals surface area contributed by atoms with Crippen molar-refractivity contribution in [1.29, 1.82) is 0 Å². The molecular weight excluding hydrogens is 306 g/mol. The minimum absolute atomic E-state index is 0.111. The molecule has 0 saturated carbocycles. The van der Waals surface area contributed by atoms with E-state index in [0.29, 0.717) is 17.9 Å². The first-order chi connectivity index (χ1) is 9.16. The van der Waals surface area contributed by atoms with Crippen LogP contribution in [0.1, 0.15) is 13.8 Å². The fraction of sp³-hybridized carbons (Fsp3) is 0.600. The quantitative estimate of drug-likeness (QED) is 0.657. The van der Waals surface area contributed by atoms with E-state index in [-0.39, 0.29) is 28.0 Å². The summed E-state index contributed by atoms with van der Waals surface area (Å²) in [6, 6.07) is 1.01. The van der Waals surface area contributed by atoms with E-state index in [9.17, 15) is 18.5 Å². The highest BCUT2D eigenvalue weighted by Crippen LogP contribution is 2.37. The van der Waals surface area contributed by atoms with Crippen molar-refractivity contribution >= 4 is 32.0 Å². The minimum atomic E-state index is -3.82. The van der Waals surface area contributed by atoms with E-state index >= 15 is 0 Å². The zero-order chi connectivity index (χ0) is 15.1. The number of nitrogens with zero attached hydrogens (tertiary/aromatic N) is 2. The van der Waals surface area contributed by atoms with Crippen molar-refractivity contribution in [2.24, 2.45) is 0 Å². The Bertz CT molecular complexity index is 637. The van der Waals surface area contributed by atoms with Crippen LogP contribution in [-0.2, 0) is 14.8 Å². The molecule has 2 heterocycles. The standard InChI is InChI=1S/C10H15N3O5S2/c1-10(2)6-18-4-3-12(10)20(16,17)8-5-7(13(14)15)9(11)19-8/h5H,3-4,6,11H2,1-2H3. The van der Waals surface area contributed by atoms with Gasteiger partial charge in [-0.25, -0.2) is 8.42 Å². The van der Waals surface area contributed by atoms with Gasteiger partial charge in [-0.05, 0) is 13.8 Å². The lowest BCUT2D eigenvalue weighted by Crippen LogP contribution is -2.55. The Morgan fingerprint density at radius 1 is 1.55 bits per heavy atom. The number of thiophene rings is 1. The first-order valence-electron chi connectivity index (χ1n) is 5.80. The van der Waals surface area contributed by atoms with Crippen molar-refractivity contribution in [3.05, 3.63) is 16.2 Å². The van der Waals surface area contributed by atoms with Gasteiger partial charge in [-0.1, -0.05) is 11.3 Å². The minimum Gasteiger partial charge on any atom is -0.385 e. The Kier molecular flexibility index (Phi) is 3.75. The van der Waals surface area contributed by atoms with Crippen LogP contribution in [0.15, 0.2) is 10.3 Å². The molecule has 1 saturated heterocycles. The number of rotatable bonds is 3. The van der Waals surface area contributed by atoms with Crippen LogP contribution in [0.2, 0.25) is 0 Å². The predicted octanol–water partition coefficient (Wildman–Crippen LogP) is 1.04. The number of nitro groups is 1. The van der Waals surface area contributed by atoms with Crippen LogP contribution in [0.3, 0.4) is 0 Å². The Labute approximate surface area is 120 Å². The number of morpholine rings is 1. The van der Waals surface area contributed by atoms with Gasteiger partial charge in [0, 0.05) is 12.6 Å². The van der Waals surface area contributed by atoms with E-state index < -0.39 is 20.5 Å². The second kappa shape index (κ2) is 4.95. The highest BCUT2D eigenvalue weighted by molar-refractivity contribution is 7.91. The molecule has 0 unspecified atom stereocenters. The molecule has 1 aliphatic rings. The third-order valence-electron chi connectivity index (χ3n) is 3.03. The molecule has 20 heavy (non-hydrogen) atoms. The van der Waals surface area contributed by atoms with Gasteiger partial charge in [0.2, 0.25) is 0 Å². The average Bonchev–Trinajstić information content (AvgIpc) is 2.71. The summed E-state index contributed by atoms with van der Waals surface area (Å²) in [5.74, 6) is 0. The summed E-state index contributed by atoms with van der Waals surface area (Å²) in [6.07, 6.45) is 0. The van der Waals surface area contributed by atoms with Crippen molar-refractivity contribution < 1.29 is 18.1 Å². The maximum atomic E-state index is 12.6. The molecule has 8 nitrogen and oxygen atoms in total. The van der Waals surface area contributed by atoms with Crippen LogP contribution >= 0.6 is 11.3 Å². The van der Waals surface area contributed by atoms with Crippen LogP contribution in [0, 0.1) is 10.1 Å². The van der Waals surface area contributed by atoms with Crippen molar-refractivity contribution in [2.75, 3.05) is 25.5 Å². The van der Waals surface area contributed by atoms with E-state index in [0.717, 1.165) is 6.07 Å². The fourth-order valence-corrected chi connectivity index (χ4v) is 5.12. The molecule has 0 atom stereocenters. The first kappa shape index (κ1) is 15.2. The summed E-state index contributed by atoms with van der Waals surface area (Å²) in [7, 11) is -3.82. The van der Waals surface area contributed by atoms with E-state index in [2.05, 4.69) is 0 Å². The number of sulfonamides is 1.